The Morgan fingerprint density at radius 3 is 2.76 bits per heavy atom. The summed E-state index contributed by atoms with van der Waals surface area (Å²) < 4.78 is 11.1. The van der Waals surface area contributed by atoms with Crippen molar-refractivity contribution in [3.8, 4) is 11.5 Å². The van der Waals surface area contributed by atoms with Crippen LogP contribution < -0.4 is 14.8 Å². The Balaban J connectivity index is 1.50. The van der Waals surface area contributed by atoms with E-state index >= 15 is 0 Å². The van der Waals surface area contributed by atoms with Gasteiger partial charge in [-0.05, 0) is 30.7 Å². The quantitative estimate of drug-likeness (QED) is 0.861. The topological polar surface area (TPSA) is 67.8 Å². The number of nitrogens with one attached hydrogen (secondary N) is 1. The summed E-state index contributed by atoms with van der Waals surface area (Å²) in [5.74, 6) is 1.38. The standard InChI is InChI=1S/C19H21NO4S/c21-14-9-13(10-14)15(8-12-4-2-1-3-5-12)20-19(22)18-17-16(11-25-18)23-6-7-24-17/h1-5,11,13-15,21H,6-10H2,(H,20,22)/t13?,14?,15-/m0/s1. The predicted octanol–water partition coefficient (Wildman–Crippen LogP) is 2.63. The van der Waals surface area contributed by atoms with Gasteiger partial charge in [0.25, 0.3) is 5.91 Å². The van der Waals surface area contributed by atoms with Gasteiger partial charge in [0.15, 0.2) is 11.5 Å². The van der Waals surface area contributed by atoms with Crippen molar-refractivity contribution in [2.24, 2.45) is 5.92 Å². The molecule has 1 atom stereocenters. The number of thiophene rings is 1. The van der Waals surface area contributed by atoms with Gasteiger partial charge in [-0.1, -0.05) is 30.3 Å². The second-order valence-corrected chi connectivity index (χ2v) is 7.49. The first-order valence-corrected chi connectivity index (χ1v) is 9.48. The highest BCUT2D eigenvalue weighted by atomic mass is 32.1. The number of fused-ring (bicyclic) bond motifs is 1. The van der Waals surface area contributed by atoms with Crippen LogP contribution >= 0.6 is 11.3 Å². The third kappa shape index (κ3) is 3.50. The smallest absolute Gasteiger partial charge is 0.265 e. The molecular weight excluding hydrogens is 338 g/mol. The second-order valence-electron chi connectivity index (χ2n) is 6.61. The lowest BCUT2D eigenvalue weighted by molar-refractivity contribution is 0.0239. The summed E-state index contributed by atoms with van der Waals surface area (Å²) in [6.45, 7) is 0.980. The maximum Gasteiger partial charge on any atom is 0.265 e. The summed E-state index contributed by atoms with van der Waals surface area (Å²) in [6.07, 6.45) is 1.99. The van der Waals surface area contributed by atoms with E-state index in [1.807, 2.05) is 23.6 Å². The molecule has 2 aromatic rings. The zero-order valence-electron chi connectivity index (χ0n) is 13.8. The van der Waals surface area contributed by atoms with Crippen LogP contribution in [-0.2, 0) is 6.42 Å². The summed E-state index contributed by atoms with van der Waals surface area (Å²) >= 11 is 1.35. The number of aliphatic hydroxyl groups excluding tert-OH is 1. The van der Waals surface area contributed by atoms with Gasteiger partial charge in [-0.2, -0.15) is 0 Å². The molecule has 25 heavy (non-hydrogen) atoms. The SMILES string of the molecule is O=C(N[C@@H](Cc1ccccc1)C1CC(O)C1)c1scc2c1OCCO2. The van der Waals surface area contributed by atoms with Gasteiger partial charge in [0.2, 0.25) is 0 Å². The maximum atomic E-state index is 12.8. The molecule has 0 radical (unpaired) electrons. The van der Waals surface area contributed by atoms with Crippen LogP contribution in [0.15, 0.2) is 35.7 Å². The lowest BCUT2D eigenvalue weighted by Crippen LogP contribution is -2.48. The third-order valence-corrected chi connectivity index (χ3v) is 5.78. The van der Waals surface area contributed by atoms with E-state index in [2.05, 4.69) is 17.4 Å². The van der Waals surface area contributed by atoms with Crippen molar-refractivity contribution >= 4 is 17.2 Å². The molecule has 2 heterocycles. The van der Waals surface area contributed by atoms with E-state index in [9.17, 15) is 9.90 Å². The molecular formula is C19H21NO4S. The van der Waals surface area contributed by atoms with Crippen molar-refractivity contribution in [3.63, 3.8) is 0 Å². The molecule has 2 aliphatic rings. The van der Waals surface area contributed by atoms with Gasteiger partial charge in [0.1, 0.15) is 18.1 Å². The van der Waals surface area contributed by atoms with Crippen molar-refractivity contribution in [2.45, 2.75) is 31.4 Å². The highest BCUT2D eigenvalue weighted by Crippen LogP contribution is 2.39. The monoisotopic (exact) mass is 359 g/mol. The number of amides is 1. The van der Waals surface area contributed by atoms with Gasteiger partial charge in [-0.15, -0.1) is 11.3 Å². The molecule has 1 aromatic carbocycles. The van der Waals surface area contributed by atoms with E-state index in [1.54, 1.807) is 0 Å². The molecule has 1 aromatic heterocycles. The fourth-order valence-electron chi connectivity index (χ4n) is 3.42. The summed E-state index contributed by atoms with van der Waals surface area (Å²) in [4.78, 5) is 13.4. The van der Waals surface area contributed by atoms with E-state index in [0.29, 0.717) is 35.5 Å². The third-order valence-electron chi connectivity index (χ3n) is 4.84. The average Bonchev–Trinajstić information content (AvgIpc) is 3.03. The molecule has 0 bridgehead atoms. The second kappa shape index (κ2) is 7.06. The molecule has 1 aliphatic carbocycles. The van der Waals surface area contributed by atoms with E-state index in [0.717, 1.165) is 19.3 Å². The van der Waals surface area contributed by atoms with Crippen LogP contribution in [0.25, 0.3) is 0 Å². The molecule has 1 aliphatic heterocycles. The molecule has 6 heteroatoms. The number of aliphatic hydroxyl groups is 1. The van der Waals surface area contributed by atoms with E-state index in [1.165, 1.54) is 16.9 Å². The number of ether oxygens (including phenoxy) is 2. The first-order valence-electron chi connectivity index (χ1n) is 8.60. The van der Waals surface area contributed by atoms with Gasteiger partial charge in [0, 0.05) is 11.4 Å². The van der Waals surface area contributed by atoms with Crippen LogP contribution in [0.5, 0.6) is 11.5 Å². The minimum Gasteiger partial charge on any atom is -0.485 e. The molecule has 1 saturated carbocycles. The fraction of sp³-hybridized carbons (Fsp3) is 0.421. The van der Waals surface area contributed by atoms with Crippen LogP contribution in [0.1, 0.15) is 28.1 Å². The van der Waals surface area contributed by atoms with Crippen LogP contribution in [-0.4, -0.2) is 36.4 Å². The molecule has 5 nitrogen and oxygen atoms in total. The van der Waals surface area contributed by atoms with Crippen LogP contribution in [0.3, 0.4) is 0 Å². The van der Waals surface area contributed by atoms with Crippen LogP contribution in [0, 0.1) is 5.92 Å². The summed E-state index contributed by atoms with van der Waals surface area (Å²) in [5, 5.41) is 14.6. The maximum absolute atomic E-state index is 12.8. The first-order chi connectivity index (χ1) is 12.2. The molecule has 2 N–H and O–H groups in total. The Bertz CT molecular complexity index is 739. The van der Waals surface area contributed by atoms with E-state index < -0.39 is 0 Å². The number of benzene rings is 1. The highest BCUT2D eigenvalue weighted by molar-refractivity contribution is 7.12. The number of hydrogen-bond acceptors (Lipinski definition) is 5. The van der Waals surface area contributed by atoms with E-state index in [-0.39, 0.29) is 18.1 Å². The molecule has 0 saturated heterocycles. The first kappa shape index (κ1) is 16.4. The molecule has 0 spiro atoms. The normalized spacial score (nSPS) is 22.8. The van der Waals surface area contributed by atoms with Gasteiger partial charge in [-0.3, -0.25) is 4.79 Å². The number of hydrogen-bond donors (Lipinski definition) is 2. The summed E-state index contributed by atoms with van der Waals surface area (Å²) in [7, 11) is 0. The van der Waals surface area contributed by atoms with E-state index in [4.69, 9.17) is 9.47 Å². The van der Waals surface area contributed by atoms with Crippen LogP contribution in [0.2, 0.25) is 0 Å². The largest absolute Gasteiger partial charge is 0.485 e. The number of rotatable bonds is 5. The van der Waals surface area contributed by atoms with Gasteiger partial charge in [-0.25, -0.2) is 0 Å². The fourth-order valence-corrected chi connectivity index (χ4v) is 4.25. The van der Waals surface area contributed by atoms with Crippen molar-refractivity contribution in [2.75, 3.05) is 13.2 Å². The van der Waals surface area contributed by atoms with Crippen molar-refractivity contribution in [3.05, 3.63) is 46.2 Å². The Morgan fingerprint density at radius 2 is 2.00 bits per heavy atom. The average molecular weight is 359 g/mol. The Kier molecular flexibility index (Phi) is 4.63. The van der Waals surface area contributed by atoms with Gasteiger partial charge in [0.05, 0.1) is 6.10 Å². The minimum atomic E-state index is -0.244. The minimum absolute atomic E-state index is 0.000518. The number of carbonyl (C=O) groups is 1. The number of carbonyl (C=O) groups excluding carboxylic acids is 1. The van der Waals surface area contributed by atoms with Crippen molar-refractivity contribution in [1.82, 2.24) is 5.32 Å². The Labute approximate surface area is 150 Å². The Morgan fingerprint density at radius 1 is 1.24 bits per heavy atom. The van der Waals surface area contributed by atoms with Crippen molar-refractivity contribution in [1.29, 1.82) is 0 Å². The summed E-state index contributed by atoms with van der Waals surface area (Å²) in [6, 6.07) is 10.1. The molecule has 4 rings (SSSR count). The molecule has 0 unspecified atom stereocenters. The molecule has 1 fully saturated rings. The zero-order valence-corrected chi connectivity index (χ0v) is 14.6. The lowest BCUT2D eigenvalue weighted by atomic mass is 9.75. The lowest BCUT2D eigenvalue weighted by Gasteiger charge is -2.38. The predicted molar refractivity (Wildman–Crippen MR) is 95.4 cm³/mol. The summed E-state index contributed by atoms with van der Waals surface area (Å²) in [5.41, 5.74) is 1.18. The van der Waals surface area contributed by atoms with Crippen LogP contribution in [0.4, 0.5) is 0 Å². The highest BCUT2D eigenvalue weighted by Gasteiger charge is 2.35. The van der Waals surface area contributed by atoms with Crippen molar-refractivity contribution < 1.29 is 19.4 Å². The van der Waals surface area contributed by atoms with Gasteiger partial charge >= 0.3 is 0 Å². The molecule has 132 valence electrons. The molecule has 1 amide bonds. The van der Waals surface area contributed by atoms with Gasteiger partial charge < -0.3 is 19.9 Å². The zero-order chi connectivity index (χ0) is 17.2. The Hall–Kier alpha value is -2.05.